The third-order valence-corrected chi connectivity index (χ3v) is 3.24. The van der Waals surface area contributed by atoms with Crippen LogP contribution < -0.4 is 14.8 Å². The fraction of sp³-hybridized carbons (Fsp3) is 0.167. The third-order valence-electron chi connectivity index (χ3n) is 3.24. The van der Waals surface area contributed by atoms with Crippen molar-refractivity contribution in [3.63, 3.8) is 0 Å². The van der Waals surface area contributed by atoms with E-state index in [0.717, 1.165) is 0 Å². The molecule has 2 amide bonds. The van der Waals surface area contributed by atoms with Crippen molar-refractivity contribution in [3.05, 3.63) is 59.7 Å². The Morgan fingerprint density at radius 3 is 2.20 bits per heavy atom. The van der Waals surface area contributed by atoms with E-state index in [1.165, 1.54) is 26.4 Å². The highest BCUT2D eigenvalue weighted by atomic mass is 16.5. The molecule has 1 N–H and O–H groups in total. The summed E-state index contributed by atoms with van der Waals surface area (Å²) in [6, 6.07) is 12.7. The standard InChI is InChI=1S/C18H17NO6/c1-23-14-9-8-13(10-15(14)24-2)18(22)25-11-16(20)19-17(21)12-6-4-3-5-7-12/h3-10H,11H2,1-2H3,(H,19,20,21). The first-order chi connectivity index (χ1) is 12.0. The van der Waals surface area contributed by atoms with Crippen LogP contribution in [0.25, 0.3) is 0 Å². The summed E-state index contributed by atoms with van der Waals surface area (Å²) in [5.74, 6) is -1.18. The highest BCUT2D eigenvalue weighted by Crippen LogP contribution is 2.27. The van der Waals surface area contributed by atoms with Crippen LogP contribution in [0.15, 0.2) is 48.5 Å². The van der Waals surface area contributed by atoms with Crippen LogP contribution in [-0.2, 0) is 9.53 Å². The molecule has 0 saturated carbocycles. The average molecular weight is 343 g/mol. The predicted octanol–water partition coefficient (Wildman–Crippen LogP) is 1.82. The van der Waals surface area contributed by atoms with Crippen molar-refractivity contribution in [3.8, 4) is 11.5 Å². The molecule has 25 heavy (non-hydrogen) atoms. The van der Waals surface area contributed by atoms with Crippen molar-refractivity contribution in [1.82, 2.24) is 5.32 Å². The zero-order valence-electron chi connectivity index (χ0n) is 13.8. The number of methoxy groups -OCH3 is 2. The molecule has 0 aliphatic carbocycles. The maximum Gasteiger partial charge on any atom is 0.338 e. The lowest BCUT2D eigenvalue weighted by Crippen LogP contribution is -2.34. The molecular weight excluding hydrogens is 326 g/mol. The normalized spacial score (nSPS) is 9.84. The topological polar surface area (TPSA) is 90.9 Å². The number of esters is 1. The molecule has 0 fully saturated rings. The number of ether oxygens (including phenoxy) is 3. The molecule has 0 radical (unpaired) electrons. The van der Waals surface area contributed by atoms with Gasteiger partial charge in [-0.3, -0.25) is 14.9 Å². The summed E-state index contributed by atoms with van der Waals surface area (Å²) in [6.45, 7) is -0.578. The van der Waals surface area contributed by atoms with E-state index in [2.05, 4.69) is 5.32 Å². The van der Waals surface area contributed by atoms with Gasteiger partial charge in [-0.1, -0.05) is 18.2 Å². The average Bonchev–Trinajstić information content (AvgIpc) is 2.66. The largest absolute Gasteiger partial charge is 0.493 e. The summed E-state index contributed by atoms with van der Waals surface area (Å²) in [5, 5.41) is 2.14. The molecule has 0 heterocycles. The molecule has 0 saturated heterocycles. The van der Waals surface area contributed by atoms with Crippen molar-refractivity contribution in [2.24, 2.45) is 0 Å². The number of rotatable bonds is 6. The molecule has 0 spiro atoms. The van der Waals surface area contributed by atoms with Crippen LogP contribution in [0.1, 0.15) is 20.7 Å². The Morgan fingerprint density at radius 2 is 1.56 bits per heavy atom. The smallest absolute Gasteiger partial charge is 0.338 e. The highest BCUT2D eigenvalue weighted by molar-refractivity contribution is 6.05. The maximum absolute atomic E-state index is 12.0. The molecule has 7 nitrogen and oxygen atoms in total. The second-order valence-electron chi connectivity index (χ2n) is 4.89. The number of hydrogen-bond donors (Lipinski definition) is 1. The van der Waals surface area contributed by atoms with Gasteiger partial charge in [0.15, 0.2) is 18.1 Å². The Balaban J connectivity index is 1.91. The number of amides is 2. The Bertz CT molecular complexity index is 772. The van der Waals surface area contributed by atoms with Crippen LogP contribution >= 0.6 is 0 Å². The summed E-state index contributed by atoms with van der Waals surface area (Å²) in [4.78, 5) is 35.5. The van der Waals surface area contributed by atoms with Crippen LogP contribution in [0.3, 0.4) is 0 Å². The second-order valence-corrected chi connectivity index (χ2v) is 4.89. The van der Waals surface area contributed by atoms with E-state index in [4.69, 9.17) is 14.2 Å². The monoisotopic (exact) mass is 343 g/mol. The van der Waals surface area contributed by atoms with E-state index in [-0.39, 0.29) is 5.56 Å². The quantitative estimate of drug-likeness (QED) is 0.805. The number of benzene rings is 2. The van der Waals surface area contributed by atoms with E-state index in [1.807, 2.05) is 0 Å². The SMILES string of the molecule is COc1ccc(C(=O)OCC(=O)NC(=O)c2ccccc2)cc1OC. The van der Waals surface area contributed by atoms with Crippen LogP contribution in [0.4, 0.5) is 0 Å². The van der Waals surface area contributed by atoms with Crippen molar-refractivity contribution in [2.75, 3.05) is 20.8 Å². The zero-order valence-corrected chi connectivity index (χ0v) is 13.8. The zero-order chi connectivity index (χ0) is 18.2. The lowest BCUT2D eigenvalue weighted by molar-refractivity contribution is -0.123. The number of imide groups is 1. The van der Waals surface area contributed by atoms with Crippen LogP contribution in [0.2, 0.25) is 0 Å². The first kappa shape index (κ1) is 18.0. The lowest BCUT2D eigenvalue weighted by atomic mass is 10.2. The molecule has 2 aromatic rings. The maximum atomic E-state index is 12.0. The summed E-state index contributed by atoms with van der Waals surface area (Å²) in [6.07, 6.45) is 0. The van der Waals surface area contributed by atoms with Crippen molar-refractivity contribution in [1.29, 1.82) is 0 Å². The number of hydrogen-bond acceptors (Lipinski definition) is 6. The third kappa shape index (κ3) is 4.81. The molecule has 0 aromatic heterocycles. The molecule has 0 atom stereocenters. The van der Waals surface area contributed by atoms with Gasteiger partial charge in [0.25, 0.3) is 11.8 Å². The summed E-state index contributed by atoms with van der Waals surface area (Å²) < 4.78 is 15.1. The van der Waals surface area contributed by atoms with E-state index < -0.39 is 24.4 Å². The highest BCUT2D eigenvalue weighted by Gasteiger charge is 2.15. The first-order valence-corrected chi connectivity index (χ1v) is 7.33. The fourth-order valence-corrected chi connectivity index (χ4v) is 2.00. The van der Waals surface area contributed by atoms with E-state index >= 15 is 0 Å². The van der Waals surface area contributed by atoms with Gasteiger partial charge in [0.2, 0.25) is 0 Å². The van der Waals surface area contributed by atoms with Gasteiger partial charge in [-0.2, -0.15) is 0 Å². The van der Waals surface area contributed by atoms with Gasteiger partial charge in [0.1, 0.15) is 0 Å². The van der Waals surface area contributed by atoms with Crippen molar-refractivity contribution < 1.29 is 28.6 Å². The Morgan fingerprint density at radius 1 is 0.880 bits per heavy atom. The lowest BCUT2D eigenvalue weighted by Gasteiger charge is -2.09. The fourth-order valence-electron chi connectivity index (χ4n) is 2.00. The Hall–Kier alpha value is -3.35. The minimum Gasteiger partial charge on any atom is -0.493 e. The van der Waals surface area contributed by atoms with E-state index in [0.29, 0.717) is 17.1 Å². The predicted molar refractivity (Wildman–Crippen MR) is 88.7 cm³/mol. The molecular formula is C18H17NO6. The number of nitrogens with one attached hydrogen (secondary N) is 1. The van der Waals surface area contributed by atoms with Gasteiger partial charge >= 0.3 is 5.97 Å². The van der Waals surface area contributed by atoms with Crippen molar-refractivity contribution in [2.45, 2.75) is 0 Å². The minimum absolute atomic E-state index is 0.194. The minimum atomic E-state index is -0.720. The molecule has 2 rings (SSSR count). The van der Waals surface area contributed by atoms with Gasteiger partial charge in [-0.15, -0.1) is 0 Å². The molecule has 7 heteroatoms. The van der Waals surface area contributed by atoms with Gasteiger partial charge in [-0.05, 0) is 30.3 Å². The Labute approximate surface area is 144 Å². The summed E-state index contributed by atoms with van der Waals surface area (Å²) in [7, 11) is 2.92. The molecule has 0 bridgehead atoms. The molecule has 130 valence electrons. The van der Waals surface area contributed by atoms with E-state index in [9.17, 15) is 14.4 Å². The van der Waals surface area contributed by atoms with E-state index in [1.54, 1.807) is 36.4 Å². The van der Waals surface area contributed by atoms with Crippen molar-refractivity contribution >= 4 is 17.8 Å². The van der Waals surface area contributed by atoms with Crippen LogP contribution in [0.5, 0.6) is 11.5 Å². The summed E-state index contributed by atoms with van der Waals surface area (Å²) in [5.41, 5.74) is 0.530. The molecule has 0 aliphatic heterocycles. The molecule has 2 aromatic carbocycles. The van der Waals surface area contributed by atoms with Crippen LogP contribution in [-0.4, -0.2) is 38.6 Å². The van der Waals surface area contributed by atoms with Gasteiger partial charge in [-0.25, -0.2) is 4.79 Å². The molecule has 0 unspecified atom stereocenters. The van der Waals surface area contributed by atoms with Gasteiger partial charge in [0, 0.05) is 5.56 Å². The van der Waals surface area contributed by atoms with Gasteiger partial charge in [0.05, 0.1) is 19.8 Å². The Kier molecular flexibility index (Phi) is 6.11. The van der Waals surface area contributed by atoms with Crippen LogP contribution in [0, 0.1) is 0 Å². The molecule has 0 aliphatic rings. The second kappa shape index (κ2) is 8.49. The first-order valence-electron chi connectivity index (χ1n) is 7.33. The number of carbonyl (C=O) groups excluding carboxylic acids is 3. The van der Waals surface area contributed by atoms with Gasteiger partial charge < -0.3 is 14.2 Å². The summed E-state index contributed by atoms with van der Waals surface area (Å²) >= 11 is 0. The number of carbonyl (C=O) groups is 3.